The van der Waals surface area contributed by atoms with E-state index in [1.807, 2.05) is 0 Å². The van der Waals surface area contributed by atoms with Gasteiger partial charge in [-0.2, -0.15) is 0 Å². The molecule has 19 heavy (non-hydrogen) atoms. The standard InChI is InChI=1S/C13H16FN5/c1-13(6-2-3-7-13)19-12(16-17-18-19)10-8-9(14)4-5-11(10)15/h4-5,8H,2-3,6-7,15H2,1H3. The van der Waals surface area contributed by atoms with E-state index in [-0.39, 0.29) is 11.4 Å². The monoisotopic (exact) mass is 261 g/mol. The summed E-state index contributed by atoms with van der Waals surface area (Å²) in [6.07, 6.45) is 4.38. The second-order valence-corrected chi connectivity index (χ2v) is 5.35. The number of nitrogens with zero attached hydrogens (tertiary/aromatic N) is 4. The van der Waals surface area contributed by atoms with Gasteiger partial charge in [0.2, 0.25) is 0 Å². The number of rotatable bonds is 2. The van der Waals surface area contributed by atoms with Gasteiger partial charge in [-0.05, 0) is 48.4 Å². The van der Waals surface area contributed by atoms with Crippen LogP contribution in [0.1, 0.15) is 32.6 Å². The molecule has 100 valence electrons. The van der Waals surface area contributed by atoms with Gasteiger partial charge in [-0.3, -0.25) is 0 Å². The molecule has 1 fully saturated rings. The maximum absolute atomic E-state index is 13.4. The fourth-order valence-electron chi connectivity index (χ4n) is 2.79. The Labute approximate surface area is 110 Å². The molecule has 1 saturated carbocycles. The lowest BCUT2D eigenvalue weighted by atomic mass is 10.0. The molecule has 6 heteroatoms. The Hall–Kier alpha value is -1.98. The van der Waals surface area contributed by atoms with Crippen molar-refractivity contribution in [2.45, 2.75) is 38.1 Å². The number of aromatic nitrogens is 4. The zero-order valence-corrected chi connectivity index (χ0v) is 10.8. The number of benzene rings is 1. The highest BCUT2D eigenvalue weighted by Crippen LogP contribution is 2.38. The zero-order chi connectivity index (χ0) is 13.5. The van der Waals surface area contributed by atoms with Crippen molar-refractivity contribution in [1.29, 1.82) is 0 Å². The van der Waals surface area contributed by atoms with E-state index in [0.29, 0.717) is 17.1 Å². The summed E-state index contributed by atoms with van der Waals surface area (Å²) in [7, 11) is 0. The molecule has 0 spiro atoms. The fraction of sp³-hybridized carbons (Fsp3) is 0.462. The Morgan fingerprint density at radius 1 is 1.32 bits per heavy atom. The van der Waals surface area contributed by atoms with Crippen LogP contribution in [0.4, 0.5) is 10.1 Å². The van der Waals surface area contributed by atoms with E-state index < -0.39 is 0 Å². The van der Waals surface area contributed by atoms with Crippen LogP contribution in [0.25, 0.3) is 11.4 Å². The molecule has 1 heterocycles. The van der Waals surface area contributed by atoms with Crippen LogP contribution in [0.15, 0.2) is 18.2 Å². The minimum atomic E-state index is -0.338. The lowest BCUT2D eigenvalue weighted by molar-refractivity contribution is 0.293. The zero-order valence-electron chi connectivity index (χ0n) is 10.8. The number of hydrogen-bond donors (Lipinski definition) is 1. The third-order valence-electron chi connectivity index (χ3n) is 3.92. The van der Waals surface area contributed by atoms with Crippen molar-refractivity contribution in [3.8, 4) is 11.4 Å². The van der Waals surface area contributed by atoms with E-state index >= 15 is 0 Å². The lowest BCUT2D eigenvalue weighted by Crippen LogP contribution is -2.28. The molecule has 5 nitrogen and oxygen atoms in total. The summed E-state index contributed by atoms with van der Waals surface area (Å²) >= 11 is 0. The molecule has 2 N–H and O–H groups in total. The topological polar surface area (TPSA) is 69.6 Å². The van der Waals surface area contributed by atoms with E-state index in [9.17, 15) is 4.39 Å². The maximum atomic E-state index is 13.4. The van der Waals surface area contributed by atoms with Crippen LogP contribution >= 0.6 is 0 Å². The van der Waals surface area contributed by atoms with Crippen LogP contribution in [0.2, 0.25) is 0 Å². The first-order chi connectivity index (χ1) is 9.10. The normalized spacial score (nSPS) is 17.8. The van der Waals surface area contributed by atoms with E-state index in [1.54, 1.807) is 10.7 Å². The van der Waals surface area contributed by atoms with Gasteiger partial charge in [0.05, 0.1) is 5.54 Å². The Balaban J connectivity index is 2.12. The molecule has 0 unspecified atom stereocenters. The van der Waals surface area contributed by atoms with Gasteiger partial charge >= 0.3 is 0 Å². The van der Waals surface area contributed by atoms with Crippen LogP contribution in [0.3, 0.4) is 0 Å². The van der Waals surface area contributed by atoms with Crippen LogP contribution in [0.5, 0.6) is 0 Å². The van der Waals surface area contributed by atoms with Gasteiger partial charge < -0.3 is 5.73 Å². The minimum absolute atomic E-state index is 0.0996. The summed E-state index contributed by atoms with van der Waals surface area (Å²) in [6, 6.07) is 4.26. The smallest absolute Gasteiger partial charge is 0.184 e. The van der Waals surface area contributed by atoms with Gasteiger partial charge in [-0.25, -0.2) is 9.07 Å². The Kier molecular flexibility index (Phi) is 2.73. The molecule has 3 rings (SSSR count). The maximum Gasteiger partial charge on any atom is 0.184 e. The fourth-order valence-corrected chi connectivity index (χ4v) is 2.79. The van der Waals surface area contributed by atoms with Crippen molar-refractivity contribution in [2.24, 2.45) is 0 Å². The van der Waals surface area contributed by atoms with Gasteiger partial charge in [0.25, 0.3) is 0 Å². The van der Waals surface area contributed by atoms with Gasteiger partial charge in [0.1, 0.15) is 5.82 Å². The van der Waals surface area contributed by atoms with Crippen molar-refractivity contribution >= 4 is 5.69 Å². The Morgan fingerprint density at radius 2 is 2.05 bits per heavy atom. The highest BCUT2D eigenvalue weighted by Gasteiger charge is 2.34. The van der Waals surface area contributed by atoms with E-state index in [4.69, 9.17) is 5.73 Å². The van der Waals surface area contributed by atoms with Gasteiger partial charge in [0.15, 0.2) is 5.82 Å². The second kappa shape index (κ2) is 4.29. The van der Waals surface area contributed by atoms with Crippen molar-refractivity contribution in [2.75, 3.05) is 5.73 Å². The van der Waals surface area contributed by atoms with Crippen molar-refractivity contribution in [3.63, 3.8) is 0 Å². The first-order valence-electron chi connectivity index (χ1n) is 6.44. The largest absolute Gasteiger partial charge is 0.398 e. The first kappa shape index (κ1) is 12.1. The number of tetrazole rings is 1. The average Bonchev–Trinajstić information content (AvgIpc) is 3.01. The molecule has 0 atom stereocenters. The van der Waals surface area contributed by atoms with Gasteiger partial charge in [-0.1, -0.05) is 12.8 Å². The number of anilines is 1. The molecule has 0 bridgehead atoms. The molecule has 0 saturated heterocycles. The molecule has 1 aliphatic rings. The predicted molar refractivity (Wildman–Crippen MR) is 69.7 cm³/mol. The Morgan fingerprint density at radius 3 is 2.79 bits per heavy atom. The molecule has 0 amide bonds. The number of halogens is 1. The summed E-state index contributed by atoms with van der Waals surface area (Å²) in [5.41, 5.74) is 6.86. The number of nitrogens with two attached hydrogens (primary N) is 1. The molecule has 0 radical (unpaired) electrons. The van der Waals surface area contributed by atoms with E-state index in [0.717, 1.165) is 25.7 Å². The summed E-state index contributed by atoms with van der Waals surface area (Å²) in [4.78, 5) is 0. The summed E-state index contributed by atoms with van der Waals surface area (Å²) in [5, 5.41) is 11.9. The summed E-state index contributed by atoms with van der Waals surface area (Å²) in [6.45, 7) is 2.13. The molecule has 1 aromatic carbocycles. The van der Waals surface area contributed by atoms with Crippen LogP contribution < -0.4 is 5.73 Å². The highest BCUT2D eigenvalue weighted by molar-refractivity contribution is 5.71. The highest BCUT2D eigenvalue weighted by atomic mass is 19.1. The lowest BCUT2D eigenvalue weighted by Gasteiger charge is -2.24. The van der Waals surface area contributed by atoms with Gasteiger partial charge in [0, 0.05) is 11.3 Å². The quantitative estimate of drug-likeness (QED) is 0.842. The average molecular weight is 261 g/mol. The predicted octanol–water partition coefficient (Wildman–Crippen LogP) is 2.35. The van der Waals surface area contributed by atoms with Crippen molar-refractivity contribution in [3.05, 3.63) is 24.0 Å². The third kappa shape index (κ3) is 1.97. The van der Waals surface area contributed by atoms with Crippen LogP contribution in [-0.2, 0) is 5.54 Å². The Bertz CT molecular complexity index is 601. The van der Waals surface area contributed by atoms with Gasteiger partial charge in [-0.15, -0.1) is 5.10 Å². The second-order valence-electron chi connectivity index (χ2n) is 5.35. The molecule has 0 aliphatic heterocycles. The molecule has 1 aromatic heterocycles. The SMILES string of the molecule is CC1(n2nnnc2-c2cc(F)ccc2N)CCCC1. The number of hydrogen-bond acceptors (Lipinski definition) is 4. The van der Waals surface area contributed by atoms with Crippen LogP contribution in [0, 0.1) is 5.82 Å². The molecular weight excluding hydrogens is 245 g/mol. The molecular formula is C13H16FN5. The third-order valence-corrected chi connectivity index (χ3v) is 3.92. The summed E-state index contributed by atoms with van der Waals surface area (Å²) in [5.74, 6) is 0.205. The van der Waals surface area contributed by atoms with Crippen LogP contribution in [-0.4, -0.2) is 20.2 Å². The molecule has 2 aromatic rings. The van der Waals surface area contributed by atoms with E-state index in [1.165, 1.54) is 12.1 Å². The molecule has 1 aliphatic carbocycles. The summed E-state index contributed by atoms with van der Waals surface area (Å²) < 4.78 is 15.2. The van der Waals surface area contributed by atoms with E-state index in [2.05, 4.69) is 22.4 Å². The first-order valence-corrected chi connectivity index (χ1v) is 6.44. The minimum Gasteiger partial charge on any atom is -0.398 e. The number of nitrogen functional groups attached to an aromatic ring is 1. The van der Waals surface area contributed by atoms with Crippen molar-refractivity contribution in [1.82, 2.24) is 20.2 Å². The van der Waals surface area contributed by atoms with Crippen molar-refractivity contribution < 1.29 is 4.39 Å².